The lowest BCUT2D eigenvalue weighted by Crippen LogP contribution is -2.15. The van der Waals surface area contributed by atoms with Crippen LogP contribution in [0.3, 0.4) is 0 Å². The molecule has 1 aromatic carbocycles. The van der Waals surface area contributed by atoms with Crippen molar-refractivity contribution in [1.82, 2.24) is 0 Å². The average Bonchev–Trinajstić information content (AvgIpc) is 2.66. The Hall–Kier alpha value is -1.09. The number of carbonyl (C=O) groups excluding carboxylic acids is 1. The maximum absolute atomic E-state index is 11.6. The number of primary amides is 1. The van der Waals surface area contributed by atoms with Crippen molar-refractivity contribution < 1.29 is 4.79 Å². The van der Waals surface area contributed by atoms with Crippen molar-refractivity contribution in [3.63, 3.8) is 0 Å². The quantitative estimate of drug-likeness (QED) is 0.848. The lowest BCUT2D eigenvalue weighted by Gasteiger charge is -2.15. The number of amides is 1. The van der Waals surface area contributed by atoms with Crippen LogP contribution in [0.15, 0.2) is 28.7 Å². The van der Waals surface area contributed by atoms with Gasteiger partial charge in [0.1, 0.15) is 0 Å². The minimum atomic E-state index is -0.308. The smallest absolute Gasteiger partial charge is 0.249 e. The van der Waals surface area contributed by atoms with Crippen molar-refractivity contribution in [2.75, 3.05) is 0 Å². The first kappa shape index (κ1) is 11.0. The number of nitrogens with two attached hydrogens (primary N) is 1. The summed E-state index contributed by atoms with van der Waals surface area (Å²) in [6.45, 7) is 0. The second-order valence-corrected chi connectivity index (χ2v) is 5.86. The Balaban J connectivity index is 2.22. The average molecular weight is 292 g/mol. The Morgan fingerprint density at radius 1 is 1.35 bits per heavy atom. The van der Waals surface area contributed by atoms with E-state index in [9.17, 15) is 4.79 Å². The van der Waals surface area contributed by atoms with Crippen LogP contribution >= 0.6 is 15.9 Å². The fourth-order valence-electron chi connectivity index (χ4n) is 3.11. The molecule has 1 saturated carbocycles. The van der Waals surface area contributed by atoms with Crippen molar-refractivity contribution in [2.24, 2.45) is 11.7 Å². The Bertz CT molecular complexity index is 521. The molecule has 0 saturated heterocycles. The number of carbonyl (C=O) groups is 1. The number of halogens is 1. The van der Waals surface area contributed by atoms with E-state index >= 15 is 0 Å². The van der Waals surface area contributed by atoms with Crippen molar-refractivity contribution >= 4 is 27.4 Å². The van der Waals surface area contributed by atoms with Gasteiger partial charge in [0.2, 0.25) is 5.91 Å². The van der Waals surface area contributed by atoms with Crippen LogP contribution in [0.2, 0.25) is 0 Å². The van der Waals surface area contributed by atoms with E-state index in [-0.39, 0.29) is 5.91 Å². The summed E-state index contributed by atoms with van der Waals surface area (Å²) in [5, 5.41) is 0. The number of hydrogen-bond acceptors (Lipinski definition) is 1. The molecule has 2 aliphatic carbocycles. The Morgan fingerprint density at radius 2 is 2.18 bits per heavy atom. The highest BCUT2D eigenvalue weighted by Gasteiger charge is 2.31. The zero-order chi connectivity index (χ0) is 12.0. The first-order chi connectivity index (χ1) is 8.15. The van der Waals surface area contributed by atoms with E-state index in [0.29, 0.717) is 17.4 Å². The number of allylic oxidation sites excluding steroid dienone is 1. The van der Waals surface area contributed by atoms with E-state index in [2.05, 4.69) is 34.1 Å². The molecular formula is C14H14BrNO. The van der Waals surface area contributed by atoms with Gasteiger partial charge in [0, 0.05) is 10.0 Å². The number of fused-ring (bicyclic) bond motifs is 4. The Kier molecular flexibility index (Phi) is 2.58. The molecule has 1 fully saturated rings. The van der Waals surface area contributed by atoms with Crippen molar-refractivity contribution in [2.45, 2.75) is 25.2 Å². The van der Waals surface area contributed by atoms with Gasteiger partial charge >= 0.3 is 0 Å². The zero-order valence-electron chi connectivity index (χ0n) is 9.45. The Labute approximate surface area is 109 Å². The van der Waals surface area contributed by atoms with Gasteiger partial charge in [0.15, 0.2) is 0 Å². The molecule has 0 aromatic heterocycles. The minimum absolute atomic E-state index is 0.308. The maximum atomic E-state index is 11.6. The lowest BCUT2D eigenvalue weighted by atomic mass is 9.90. The van der Waals surface area contributed by atoms with Crippen molar-refractivity contribution in [1.29, 1.82) is 0 Å². The second kappa shape index (κ2) is 3.98. The van der Waals surface area contributed by atoms with Crippen LogP contribution in [0.1, 0.15) is 36.3 Å². The highest BCUT2D eigenvalue weighted by molar-refractivity contribution is 9.10. The van der Waals surface area contributed by atoms with Gasteiger partial charge in [0.25, 0.3) is 0 Å². The van der Waals surface area contributed by atoms with E-state index in [1.807, 2.05) is 6.07 Å². The molecule has 2 N–H and O–H groups in total. The van der Waals surface area contributed by atoms with Gasteiger partial charge in [-0.15, -0.1) is 0 Å². The van der Waals surface area contributed by atoms with Crippen LogP contribution in [-0.4, -0.2) is 5.91 Å². The third-order valence-corrected chi connectivity index (χ3v) is 4.38. The summed E-state index contributed by atoms with van der Waals surface area (Å²) in [5.74, 6) is 0.807. The number of benzene rings is 1. The molecule has 1 amide bonds. The third kappa shape index (κ3) is 1.82. The molecule has 88 valence electrons. The van der Waals surface area contributed by atoms with Crippen LogP contribution in [-0.2, 0) is 4.79 Å². The van der Waals surface area contributed by atoms with Gasteiger partial charge in [-0.1, -0.05) is 28.1 Å². The van der Waals surface area contributed by atoms with Gasteiger partial charge in [-0.2, -0.15) is 0 Å². The molecule has 2 atom stereocenters. The van der Waals surface area contributed by atoms with E-state index in [1.54, 1.807) is 0 Å². The topological polar surface area (TPSA) is 43.1 Å². The largest absolute Gasteiger partial charge is 0.366 e. The fraction of sp³-hybridized carbons (Fsp3) is 0.357. The number of hydrogen-bond donors (Lipinski definition) is 1. The summed E-state index contributed by atoms with van der Waals surface area (Å²) < 4.78 is 1.00. The SMILES string of the molecule is NC(=O)C1=CC2CCC(C2)c2ccc(Br)cc21. The molecule has 2 bridgehead atoms. The molecule has 0 radical (unpaired) electrons. The summed E-state index contributed by atoms with van der Waals surface area (Å²) in [6.07, 6.45) is 5.64. The highest BCUT2D eigenvalue weighted by Crippen LogP contribution is 2.45. The van der Waals surface area contributed by atoms with Crippen LogP contribution in [0.5, 0.6) is 0 Å². The van der Waals surface area contributed by atoms with Gasteiger partial charge in [-0.05, 0) is 54.4 Å². The summed E-state index contributed by atoms with van der Waals surface area (Å²) in [4.78, 5) is 11.6. The first-order valence-corrected chi connectivity index (χ1v) is 6.76. The number of rotatable bonds is 1. The Morgan fingerprint density at radius 3 is 2.94 bits per heavy atom. The summed E-state index contributed by atoms with van der Waals surface area (Å²) in [7, 11) is 0. The lowest BCUT2D eigenvalue weighted by molar-refractivity contribution is -0.112. The van der Waals surface area contributed by atoms with Crippen LogP contribution < -0.4 is 5.73 Å². The molecule has 17 heavy (non-hydrogen) atoms. The monoisotopic (exact) mass is 291 g/mol. The van der Waals surface area contributed by atoms with E-state index in [0.717, 1.165) is 16.5 Å². The first-order valence-electron chi connectivity index (χ1n) is 5.96. The fourth-order valence-corrected chi connectivity index (χ4v) is 3.47. The van der Waals surface area contributed by atoms with Gasteiger partial charge in [0.05, 0.1) is 0 Å². The van der Waals surface area contributed by atoms with Crippen LogP contribution in [0.25, 0.3) is 5.57 Å². The summed E-state index contributed by atoms with van der Waals surface area (Å²) >= 11 is 3.47. The van der Waals surface area contributed by atoms with Crippen molar-refractivity contribution in [3.8, 4) is 0 Å². The zero-order valence-corrected chi connectivity index (χ0v) is 11.0. The molecule has 0 spiro atoms. The second-order valence-electron chi connectivity index (χ2n) is 4.95. The minimum Gasteiger partial charge on any atom is -0.366 e. The molecule has 1 aromatic rings. The summed E-state index contributed by atoms with van der Waals surface area (Å²) in [6, 6.07) is 6.21. The van der Waals surface area contributed by atoms with Gasteiger partial charge in [-0.25, -0.2) is 0 Å². The van der Waals surface area contributed by atoms with Gasteiger partial charge < -0.3 is 5.73 Å². The molecule has 3 heteroatoms. The normalized spacial score (nSPS) is 26.1. The molecule has 0 aliphatic heterocycles. The molecule has 3 rings (SSSR count). The third-order valence-electron chi connectivity index (χ3n) is 3.89. The van der Waals surface area contributed by atoms with Crippen molar-refractivity contribution in [3.05, 3.63) is 39.9 Å². The van der Waals surface area contributed by atoms with Gasteiger partial charge in [-0.3, -0.25) is 4.79 Å². The molecule has 0 heterocycles. The summed E-state index contributed by atoms with van der Waals surface area (Å²) in [5.41, 5.74) is 8.53. The molecule has 2 unspecified atom stereocenters. The molecular weight excluding hydrogens is 278 g/mol. The van der Waals surface area contributed by atoms with E-state index in [1.165, 1.54) is 18.4 Å². The highest BCUT2D eigenvalue weighted by atomic mass is 79.9. The predicted molar refractivity (Wildman–Crippen MR) is 71.4 cm³/mol. The molecule has 2 aliphatic rings. The molecule has 2 nitrogen and oxygen atoms in total. The van der Waals surface area contributed by atoms with Crippen LogP contribution in [0.4, 0.5) is 0 Å². The van der Waals surface area contributed by atoms with E-state index in [4.69, 9.17) is 5.73 Å². The maximum Gasteiger partial charge on any atom is 0.249 e. The standard InChI is InChI=1S/C14H14BrNO/c15-10-3-4-11-9-2-1-8(5-9)6-13(14(16)17)12(11)7-10/h3-4,6-9H,1-2,5H2,(H2,16,17). The predicted octanol–water partition coefficient (Wildman–Crippen LogP) is 3.22. The van der Waals surface area contributed by atoms with E-state index < -0.39 is 0 Å². The van der Waals surface area contributed by atoms with Crippen LogP contribution in [0, 0.1) is 5.92 Å².